The van der Waals surface area contributed by atoms with Gasteiger partial charge in [0.05, 0.1) is 5.92 Å². The van der Waals surface area contributed by atoms with Gasteiger partial charge in [0.25, 0.3) is 0 Å². The predicted octanol–water partition coefficient (Wildman–Crippen LogP) is 3.11. The molecule has 0 bridgehead atoms. The van der Waals surface area contributed by atoms with E-state index in [1.54, 1.807) is 0 Å². The molecular formula is C20H22N2O2. The Hall–Kier alpha value is -2.62. The molecule has 4 heteroatoms. The summed E-state index contributed by atoms with van der Waals surface area (Å²) in [6.45, 7) is 3.06. The Balaban J connectivity index is 1.53. The lowest BCUT2D eigenvalue weighted by atomic mass is 9.97. The normalized spacial score (nSPS) is 18.3. The van der Waals surface area contributed by atoms with Crippen LogP contribution in [0.4, 0.5) is 5.69 Å². The highest BCUT2D eigenvalue weighted by atomic mass is 16.2. The number of benzene rings is 2. The van der Waals surface area contributed by atoms with E-state index in [1.165, 1.54) is 5.56 Å². The summed E-state index contributed by atoms with van der Waals surface area (Å²) in [5, 5.41) is 5.80. The maximum Gasteiger partial charge on any atom is 0.230 e. The summed E-state index contributed by atoms with van der Waals surface area (Å²) in [4.78, 5) is 22.9. The van der Waals surface area contributed by atoms with E-state index in [0.717, 1.165) is 17.8 Å². The molecule has 2 aromatic carbocycles. The molecule has 1 heterocycles. The minimum atomic E-state index is -0.227. The Morgan fingerprint density at radius 3 is 2.42 bits per heavy atom. The largest absolute Gasteiger partial charge is 0.384 e. The molecule has 0 aliphatic carbocycles. The van der Waals surface area contributed by atoms with Crippen molar-refractivity contribution in [3.05, 3.63) is 65.7 Å². The van der Waals surface area contributed by atoms with Crippen molar-refractivity contribution in [3.63, 3.8) is 0 Å². The summed E-state index contributed by atoms with van der Waals surface area (Å²) in [6.07, 6.45) is 0.908. The molecule has 2 atom stereocenters. The molecule has 3 rings (SSSR count). The number of imide groups is 1. The maximum absolute atomic E-state index is 11.6. The topological polar surface area (TPSA) is 58.2 Å². The van der Waals surface area contributed by atoms with Gasteiger partial charge in [-0.1, -0.05) is 49.4 Å². The van der Waals surface area contributed by atoms with Crippen LogP contribution >= 0.6 is 0 Å². The average molecular weight is 322 g/mol. The van der Waals surface area contributed by atoms with Crippen LogP contribution in [0, 0.1) is 5.92 Å². The molecule has 2 aromatic rings. The van der Waals surface area contributed by atoms with Crippen molar-refractivity contribution >= 4 is 17.5 Å². The van der Waals surface area contributed by atoms with Gasteiger partial charge in [-0.05, 0) is 35.6 Å². The van der Waals surface area contributed by atoms with Crippen LogP contribution in [0.15, 0.2) is 54.6 Å². The summed E-state index contributed by atoms with van der Waals surface area (Å²) in [5.41, 5.74) is 3.46. The Labute approximate surface area is 142 Å². The molecule has 4 nitrogen and oxygen atoms in total. The third-order valence-electron chi connectivity index (χ3n) is 4.48. The van der Waals surface area contributed by atoms with Crippen LogP contribution in [0.2, 0.25) is 0 Å². The molecule has 2 N–H and O–H groups in total. The zero-order valence-corrected chi connectivity index (χ0v) is 13.8. The quantitative estimate of drug-likeness (QED) is 0.804. The third kappa shape index (κ3) is 4.02. The number of nitrogens with one attached hydrogen (secondary N) is 2. The molecular weight excluding hydrogens is 300 g/mol. The SMILES string of the molecule is C[C@@H](CNc1ccc(C[C@@H]2CC(=O)NC2=O)cc1)c1ccccc1. The van der Waals surface area contributed by atoms with Gasteiger partial charge < -0.3 is 5.32 Å². The van der Waals surface area contributed by atoms with E-state index in [0.29, 0.717) is 18.8 Å². The molecule has 24 heavy (non-hydrogen) atoms. The van der Waals surface area contributed by atoms with Gasteiger partial charge in [0.15, 0.2) is 0 Å². The summed E-state index contributed by atoms with van der Waals surface area (Å²) >= 11 is 0. The van der Waals surface area contributed by atoms with Gasteiger partial charge >= 0.3 is 0 Å². The Morgan fingerprint density at radius 2 is 1.79 bits per heavy atom. The minimum Gasteiger partial charge on any atom is -0.384 e. The van der Waals surface area contributed by atoms with Crippen LogP contribution in [-0.4, -0.2) is 18.4 Å². The Bertz CT molecular complexity index is 710. The van der Waals surface area contributed by atoms with Crippen molar-refractivity contribution in [2.24, 2.45) is 5.92 Å². The van der Waals surface area contributed by atoms with Crippen molar-refractivity contribution in [1.29, 1.82) is 0 Å². The second kappa shape index (κ2) is 7.30. The third-order valence-corrected chi connectivity index (χ3v) is 4.48. The van der Waals surface area contributed by atoms with Crippen molar-refractivity contribution in [2.75, 3.05) is 11.9 Å². The molecule has 1 aliphatic rings. The fraction of sp³-hybridized carbons (Fsp3) is 0.300. The molecule has 0 aromatic heterocycles. The molecule has 0 saturated carbocycles. The van der Waals surface area contributed by atoms with Gasteiger partial charge in [-0.3, -0.25) is 14.9 Å². The number of amides is 2. The second-order valence-electron chi connectivity index (χ2n) is 6.41. The number of hydrogen-bond acceptors (Lipinski definition) is 3. The number of rotatable bonds is 6. The second-order valence-corrected chi connectivity index (χ2v) is 6.41. The number of carbonyl (C=O) groups excluding carboxylic acids is 2. The predicted molar refractivity (Wildman–Crippen MR) is 94.7 cm³/mol. The van der Waals surface area contributed by atoms with Gasteiger partial charge in [0.1, 0.15) is 0 Å². The standard InChI is InChI=1S/C20H22N2O2/c1-14(16-5-3-2-4-6-16)13-21-18-9-7-15(8-10-18)11-17-12-19(23)22-20(17)24/h2-10,14,17,21H,11-13H2,1H3,(H,22,23,24)/t14-,17+/m0/s1. The van der Waals surface area contributed by atoms with E-state index in [2.05, 4.69) is 41.8 Å². The first-order valence-corrected chi connectivity index (χ1v) is 8.33. The number of hydrogen-bond donors (Lipinski definition) is 2. The van der Waals surface area contributed by atoms with E-state index in [9.17, 15) is 9.59 Å². The molecule has 124 valence electrons. The van der Waals surface area contributed by atoms with Crippen LogP contribution in [0.3, 0.4) is 0 Å². The first kappa shape index (κ1) is 16.2. The molecule has 2 amide bonds. The maximum atomic E-state index is 11.6. The van der Waals surface area contributed by atoms with E-state index in [-0.39, 0.29) is 17.7 Å². The van der Waals surface area contributed by atoms with Crippen molar-refractivity contribution in [3.8, 4) is 0 Å². The zero-order chi connectivity index (χ0) is 16.9. The van der Waals surface area contributed by atoms with Gasteiger partial charge in [0.2, 0.25) is 11.8 Å². The van der Waals surface area contributed by atoms with E-state index in [1.807, 2.05) is 30.3 Å². The lowest BCUT2D eigenvalue weighted by Gasteiger charge is -2.14. The van der Waals surface area contributed by atoms with Gasteiger partial charge in [-0.25, -0.2) is 0 Å². The molecule has 1 fully saturated rings. The minimum absolute atomic E-state index is 0.154. The van der Waals surface area contributed by atoms with Gasteiger partial charge in [-0.2, -0.15) is 0 Å². The highest BCUT2D eigenvalue weighted by Gasteiger charge is 2.30. The first-order chi connectivity index (χ1) is 11.6. The summed E-state index contributed by atoms with van der Waals surface area (Å²) in [7, 11) is 0. The summed E-state index contributed by atoms with van der Waals surface area (Å²) < 4.78 is 0. The fourth-order valence-electron chi connectivity index (χ4n) is 2.99. The Morgan fingerprint density at radius 1 is 1.08 bits per heavy atom. The van der Waals surface area contributed by atoms with Crippen LogP contribution in [0.5, 0.6) is 0 Å². The highest BCUT2D eigenvalue weighted by molar-refractivity contribution is 6.03. The smallest absolute Gasteiger partial charge is 0.230 e. The molecule has 0 radical (unpaired) electrons. The average Bonchev–Trinajstić information content (AvgIpc) is 2.92. The monoisotopic (exact) mass is 322 g/mol. The van der Waals surface area contributed by atoms with Crippen molar-refractivity contribution < 1.29 is 9.59 Å². The highest BCUT2D eigenvalue weighted by Crippen LogP contribution is 2.20. The number of carbonyl (C=O) groups is 2. The molecule has 0 spiro atoms. The molecule has 1 saturated heterocycles. The van der Waals surface area contributed by atoms with Crippen molar-refractivity contribution in [2.45, 2.75) is 25.7 Å². The van der Waals surface area contributed by atoms with E-state index >= 15 is 0 Å². The first-order valence-electron chi connectivity index (χ1n) is 8.33. The summed E-state index contributed by atoms with van der Waals surface area (Å²) in [5.74, 6) is -0.120. The summed E-state index contributed by atoms with van der Waals surface area (Å²) in [6, 6.07) is 18.5. The lowest BCUT2D eigenvalue weighted by molar-refractivity contribution is -0.125. The van der Waals surface area contributed by atoms with E-state index in [4.69, 9.17) is 0 Å². The van der Waals surface area contributed by atoms with Gasteiger partial charge in [-0.15, -0.1) is 0 Å². The Kier molecular flexibility index (Phi) is 4.94. The van der Waals surface area contributed by atoms with Crippen LogP contribution in [0.1, 0.15) is 30.4 Å². The van der Waals surface area contributed by atoms with Crippen LogP contribution in [-0.2, 0) is 16.0 Å². The van der Waals surface area contributed by atoms with Crippen molar-refractivity contribution in [1.82, 2.24) is 5.32 Å². The zero-order valence-electron chi connectivity index (χ0n) is 13.8. The fourth-order valence-corrected chi connectivity index (χ4v) is 2.99. The van der Waals surface area contributed by atoms with Gasteiger partial charge in [0, 0.05) is 18.7 Å². The molecule has 1 aliphatic heterocycles. The van der Waals surface area contributed by atoms with E-state index < -0.39 is 0 Å². The lowest BCUT2D eigenvalue weighted by Crippen LogP contribution is -2.22. The molecule has 0 unspecified atom stereocenters. The van der Waals surface area contributed by atoms with Crippen LogP contribution < -0.4 is 10.6 Å². The van der Waals surface area contributed by atoms with Crippen LogP contribution in [0.25, 0.3) is 0 Å². The number of anilines is 1.